The van der Waals surface area contributed by atoms with Crippen LogP contribution in [0.15, 0.2) is 71.8 Å². The van der Waals surface area contributed by atoms with Crippen molar-refractivity contribution in [2.75, 3.05) is 6.61 Å². The molecule has 0 heterocycles. The first-order valence-electron chi connectivity index (χ1n) is 9.61. The van der Waals surface area contributed by atoms with E-state index < -0.39 is 11.8 Å². The molecule has 0 fully saturated rings. The molecule has 0 aliphatic rings. The number of ether oxygens (including phenoxy) is 2. The Morgan fingerprint density at radius 3 is 2.32 bits per heavy atom. The van der Waals surface area contributed by atoms with Gasteiger partial charge in [-0.1, -0.05) is 17.7 Å². The van der Waals surface area contributed by atoms with Crippen LogP contribution >= 0.6 is 0 Å². The average molecular weight is 420 g/mol. The van der Waals surface area contributed by atoms with Crippen LogP contribution < -0.4 is 14.9 Å². The second kappa shape index (κ2) is 10.2. The van der Waals surface area contributed by atoms with E-state index in [0.29, 0.717) is 23.5 Å². The molecule has 6 nitrogen and oxygen atoms in total. The van der Waals surface area contributed by atoms with Crippen molar-refractivity contribution in [2.24, 2.45) is 5.10 Å². The van der Waals surface area contributed by atoms with Gasteiger partial charge in [-0.15, -0.1) is 0 Å². The third kappa shape index (κ3) is 5.99. The third-order valence-electron chi connectivity index (χ3n) is 4.24. The summed E-state index contributed by atoms with van der Waals surface area (Å²) in [5.41, 5.74) is 4.87. The molecule has 158 valence electrons. The highest BCUT2D eigenvalue weighted by Crippen LogP contribution is 2.29. The third-order valence-corrected chi connectivity index (χ3v) is 4.24. The Morgan fingerprint density at radius 1 is 0.968 bits per heavy atom. The first kappa shape index (κ1) is 21.7. The number of hydrogen-bond donors (Lipinski definition) is 1. The summed E-state index contributed by atoms with van der Waals surface area (Å²) >= 11 is 0. The molecule has 0 saturated heterocycles. The van der Waals surface area contributed by atoms with Gasteiger partial charge in [0, 0.05) is 5.56 Å². The number of carbonyl (C=O) groups is 2. The second-order valence-electron chi connectivity index (χ2n) is 6.60. The van der Waals surface area contributed by atoms with Crippen LogP contribution in [0, 0.1) is 12.7 Å². The first-order valence-corrected chi connectivity index (χ1v) is 9.61. The van der Waals surface area contributed by atoms with E-state index in [1.54, 1.807) is 37.3 Å². The Labute approximate surface area is 179 Å². The van der Waals surface area contributed by atoms with Crippen molar-refractivity contribution >= 4 is 18.1 Å². The van der Waals surface area contributed by atoms with Gasteiger partial charge in [-0.2, -0.15) is 5.10 Å². The molecule has 31 heavy (non-hydrogen) atoms. The number of rotatable bonds is 7. The minimum Gasteiger partial charge on any atom is -0.490 e. The lowest BCUT2D eigenvalue weighted by Gasteiger charge is -2.11. The molecule has 0 unspecified atom stereocenters. The minimum atomic E-state index is -0.632. The Bertz CT molecular complexity index is 1090. The number of halogens is 1. The minimum absolute atomic E-state index is 0.216. The molecule has 0 saturated carbocycles. The Hall–Kier alpha value is -4.00. The van der Waals surface area contributed by atoms with Crippen LogP contribution in [0.4, 0.5) is 4.39 Å². The quantitative estimate of drug-likeness (QED) is 0.264. The molecule has 0 atom stereocenters. The number of benzene rings is 3. The predicted molar refractivity (Wildman–Crippen MR) is 115 cm³/mol. The molecule has 0 aromatic heterocycles. The summed E-state index contributed by atoms with van der Waals surface area (Å²) in [4.78, 5) is 24.4. The number of carbonyl (C=O) groups excluding carboxylic acids is 2. The van der Waals surface area contributed by atoms with Crippen molar-refractivity contribution in [2.45, 2.75) is 13.8 Å². The summed E-state index contributed by atoms with van der Waals surface area (Å²) in [6, 6.07) is 17.1. The summed E-state index contributed by atoms with van der Waals surface area (Å²) in [5, 5.41) is 3.96. The lowest BCUT2D eigenvalue weighted by Crippen LogP contribution is -2.17. The van der Waals surface area contributed by atoms with Gasteiger partial charge in [0.15, 0.2) is 11.5 Å². The molecule has 7 heteroatoms. The van der Waals surface area contributed by atoms with Gasteiger partial charge in [-0.3, -0.25) is 4.79 Å². The van der Waals surface area contributed by atoms with Gasteiger partial charge in [0.25, 0.3) is 5.91 Å². The largest absolute Gasteiger partial charge is 0.490 e. The first-order chi connectivity index (χ1) is 15.0. The summed E-state index contributed by atoms with van der Waals surface area (Å²) in [7, 11) is 0. The van der Waals surface area contributed by atoms with Crippen molar-refractivity contribution in [1.29, 1.82) is 0 Å². The van der Waals surface area contributed by atoms with Crippen LogP contribution in [0.5, 0.6) is 11.5 Å². The van der Waals surface area contributed by atoms with Crippen LogP contribution in [-0.4, -0.2) is 24.7 Å². The van der Waals surface area contributed by atoms with E-state index in [9.17, 15) is 14.0 Å². The van der Waals surface area contributed by atoms with Crippen LogP contribution in [0.3, 0.4) is 0 Å². The fourth-order valence-corrected chi connectivity index (χ4v) is 2.64. The molecule has 3 rings (SSSR count). The zero-order valence-electron chi connectivity index (χ0n) is 17.1. The highest BCUT2D eigenvalue weighted by molar-refractivity contribution is 5.95. The maximum absolute atomic E-state index is 13.0. The normalized spacial score (nSPS) is 10.7. The Morgan fingerprint density at radius 2 is 1.65 bits per heavy atom. The van der Waals surface area contributed by atoms with E-state index in [-0.39, 0.29) is 17.2 Å². The molecule has 1 amide bonds. The highest BCUT2D eigenvalue weighted by Gasteiger charge is 2.13. The zero-order valence-corrected chi connectivity index (χ0v) is 17.1. The number of nitrogens with zero attached hydrogens (tertiary/aromatic N) is 1. The summed E-state index contributed by atoms with van der Waals surface area (Å²) in [5.74, 6) is -0.840. The van der Waals surface area contributed by atoms with Crippen LogP contribution in [0.25, 0.3) is 0 Å². The number of aryl methyl sites for hydroxylation is 1. The SMILES string of the molecule is CCOc1cc(/C=N/NC(=O)c2ccc(C)cc2)ccc1OC(=O)c1ccc(F)cc1. The van der Waals surface area contributed by atoms with E-state index in [2.05, 4.69) is 10.5 Å². The van der Waals surface area contributed by atoms with Gasteiger partial charge in [0.05, 0.1) is 18.4 Å². The number of hydrogen-bond acceptors (Lipinski definition) is 5. The molecular formula is C24H21FN2O4. The maximum atomic E-state index is 13.0. The van der Waals surface area contributed by atoms with Crippen LogP contribution in [-0.2, 0) is 0 Å². The molecule has 3 aromatic carbocycles. The topological polar surface area (TPSA) is 77.0 Å². The van der Waals surface area contributed by atoms with Gasteiger partial charge in [-0.25, -0.2) is 14.6 Å². The number of amides is 1. The van der Waals surface area contributed by atoms with Crippen LogP contribution in [0.1, 0.15) is 38.8 Å². The maximum Gasteiger partial charge on any atom is 0.343 e. The monoisotopic (exact) mass is 420 g/mol. The van der Waals surface area contributed by atoms with Crippen LogP contribution in [0.2, 0.25) is 0 Å². The molecule has 0 bridgehead atoms. The molecule has 0 aliphatic carbocycles. The summed E-state index contributed by atoms with van der Waals surface area (Å²) < 4.78 is 24.0. The second-order valence-corrected chi connectivity index (χ2v) is 6.60. The van der Waals surface area contributed by atoms with Crippen molar-refractivity contribution in [1.82, 2.24) is 5.43 Å². The average Bonchev–Trinajstić information content (AvgIpc) is 2.76. The lowest BCUT2D eigenvalue weighted by atomic mass is 10.1. The molecule has 3 aromatic rings. The van der Waals surface area contributed by atoms with E-state index in [0.717, 1.165) is 5.56 Å². The Balaban J connectivity index is 1.69. The molecule has 0 spiro atoms. The number of esters is 1. The summed E-state index contributed by atoms with van der Waals surface area (Å²) in [6.07, 6.45) is 1.46. The van der Waals surface area contributed by atoms with Crippen molar-refractivity contribution in [3.63, 3.8) is 0 Å². The lowest BCUT2D eigenvalue weighted by molar-refractivity contribution is 0.0728. The van der Waals surface area contributed by atoms with Crippen molar-refractivity contribution in [3.8, 4) is 11.5 Å². The molecule has 1 N–H and O–H groups in total. The fourth-order valence-electron chi connectivity index (χ4n) is 2.64. The molecular weight excluding hydrogens is 399 g/mol. The fraction of sp³-hybridized carbons (Fsp3) is 0.125. The smallest absolute Gasteiger partial charge is 0.343 e. The number of hydrazone groups is 1. The summed E-state index contributed by atoms with van der Waals surface area (Å²) in [6.45, 7) is 4.09. The van der Waals surface area contributed by atoms with Crippen molar-refractivity contribution in [3.05, 3.63) is 94.8 Å². The van der Waals surface area contributed by atoms with E-state index >= 15 is 0 Å². The predicted octanol–water partition coefficient (Wildman–Crippen LogP) is 4.52. The van der Waals surface area contributed by atoms with E-state index in [1.165, 1.54) is 30.5 Å². The molecule has 0 radical (unpaired) electrons. The number of nitrogens with one attached hydrogen (secondary N) is 1. The Kier molecular flexibility index (Phi) is 7.11. The van der Waals surface area contributed by atoms with Crippen molar-refractivity contribution < 1.29 is 23.5 Å². The van der Waals surface area contributed by atoms with Gasteiger partial charge in [-0.05, 0) is 74.0 Å². The van der Waals surface area contributed by atoms with Gasteiger partial charge < -0.3 is 9.47 Å². The zero-order chi connectivity index (χ0) is 22.2. The molecule has 0 aliphatic heterocycles. The van der Waals surface area contributed by atoms with E-state index in [4.69, 9.17) is 9.47 Å². The standard InChI is InChI=1S/C24H21FN2O4/c1-3-30-22-14-17(15-26-27-23(28)18-7-4-16(2)5-8-18)6-13-21(22)31-24(29)19-9-11-20(25)12-10-19/h4-15H,3H2,1-2H3,(H,27,28)/b26-15+. The van der Waals surface area contributed by atoms with Gasteiger partial charge >= 0.3 is 5.97 Å². The highest BCUT2D eigenvalue weighted by atomic mass is 19.1. The van der Waals surface area contributed by atoms with Gasteiger partial charge in [0.2, 0.25) is 0 Å². The van der Waals surface area contributed by atoms with Gasteiger partial charge in [0.1, 0.15) is 5.82 Å². The van der Waals surface area contributed by atoms with E-state index in [1.807, 2.05) is 19.1 Å².